The normalized spacial score (nSPS) is 10.3. The van der Waals surface area contributed by atoms with Crippen molar-refractivity contribution < 1.29 is 9.84 Å². The summed E-state index contributed by atoms with van der Waals surface area (Å²) in [5.74, 6) is 0.832. The van der Waals surface area contributed by atoms with Crippen LogP contribution in [0, 0.1) is 0 Å². The Labute approximate surface area is 98.4 Å². The number of aliphatic hydroxyl groups is 1. The lowest BCUT2D eigenvalue weighted by molar-refractivity contribution is 0.252. The lowest BCUT2D eigenvalue weighted by Crippen LogP contribution is -2.04. The second-order valence-corrected chi connectivity index (χ2v) is 4.15. The van der Waals surface area contributed by atoms with Crippen molar-refractivity contribution in [3.63, 3.8) is 0 Å². The van der Waals surface area contributed by atoms with Crippen LogP contribution in [0.5, 0.6) is 5.75 Å². The summed E-state index contributed by atoms with van der Waals surface area (Å²) < 4.78 is 6.58. The molecule has 0 heterocycles. The number of benzene rings is 1. The minimum atomic E-state index is 0.216. The van der Waals surface area contributed by atoms with E-state index in [0.29, 0.717) is 13.2 Å². The zero-order valence-electron chi connectivity index (χ0n) is 8.58. The highest BCUT2D eigenvalue weighted by Gasteiger charge is 2.02. The molecule has 0 amide bonds. The third kappa shape index (κ3) is 4.20. The van der Waals surface area contributed by atoms with Gasteiger partial charge in [0, 0.05) is 23.2 Å². The Hall–Kier alpha value is -0.580. The molecule has 1 aromatic rings. The molecule has 3 N–H and O–H groups in total. The average molecular weight is 274 g/mol. The number of nitrogens with two attached hydrogens (primary N) is 1. The Morgan fingerprint density at radius 1 is 1.33 bits per heavy atom. The van der Waals surface area contributed by atoms with Crippen LogP contribution in [0.4, 0.5) is 0 Å². The van der Waals surface area contributed by atoms with Gasteiger partial charge in [0.15, 0.2) is 0 Å². The molecule has 0 aliphatic carbocycles. The number of unbranched alkanes of at least 4 members (excludes halogenated alkanes) is 1. The number of halogens is 1. The standard InChI is InChI=1S/C11H16BrNO2/c12-10-3-4-11(9(7-10)8-13)15-6-2-1-5-14/h3-4,7,14H,1-2,5-6,8,13H2. The highest BCUT2D eigenvalue weighted by molar-refractivity contribution is 9.10. The zero-order chi connectivity index (χ0) is 11.1. The molecule has 0 aromatic heterocycles. The Morgan fingerprint density at radius 3 is 2.80 bits per heavy atom. The van der Waals surface area contributed by atoms with E-state index in [4.69, 9.17) is 15.6 Å². The van der Waals surface area contributed by atoms with E-state index in [0.717, 1.165) is 28.6 Å². The molecule has 1 rings (SSSR count). The van der Waals surface area contributed by atoms with Crippen molar-refractivity contribution in [3.8, 4) is 5.75 Å². The van der Waals surface area contributed by atoms with Crippen LogP contribution < -0.4 is 10.5 Å². The summed E-state index contributed by atoms with van der Waals surface area (Å²) in [4.78, 5) is 0. The third-order valence-corrected chi connectivity index (χ3v) is 2.55. The van der Waals surface area contributed by atoms with E-state index in [1.807, 2.05) is 18.2 Å². The number of hydrogen-bond donors (Lipinski definition) is 2. The molecule has 0 bridgehead atoms. The summed E-state index contributed by atoms with van der Waals surface area (Å²) in [5.41, 5.74) is 6.60. The van der Waals surface area contributed by atoms with E-state index < -0.39 is 0 Å². The molecule has 15 heavy (non-hydrogen) atoms. The first kappa shape index (κ1) is 12.5. The summed E-state index contributed by atoms with van der Waals surface area (Å²) in [7, 11) is 0. The molecule has 0 aliphatic rings. The van der Waals surface area contributed by atoms with Crippen LogP contribution >= 0.6 is 15.9 Å². The number of hydrogen-bond acceptors (Lipinski definition) is 3. The summed E-state index contributed by atoms with van der Waals surface area (Å²) in [6, 6.07) is 5.80. The van der Waals surface area contributed by atoms with E-state index in [1.165, 1.54) is 0 Å². The van der Waals surface area contributed by atoms with Gasteiger partial charge < -0.3 is 15.6 Å². The van der Waals surface area contributed by atoms with E-state index >= 15 is 0 Å². The van der Waals surface area contributed by atoms with E-state index in [2.05, 4.69) is 15.9 Å². The van der Waals surface area contributed by atoms with Gasteiger partial charge in [-0.15, -0.1) is 0 Å². The summed E-state index contributed by atoms with van der Waals surface area (Å²) in [6.45, 7) is 1.30. The van der Waals surface area contributed by atoms with Crippen molar-refractivity contribution in [1.82, 2.24) is 0 Å². The molecule has 0 unspecified atom stereocenters. The molecule has 0 spiro atoms. The number of rotatable bonds is 6. The maximum atomic E-state index is 8.62. The first-order valence-electron chi connectivity index (χ1n) is 5.00. The molecule has 0 fully saturated rings. The molecule has 4 heteroatoms. The smallest absolute Gasteiger partial charge is 0.123 e. The lowest BCUT2D eigenvalue weighted by atomic mass is 10.2. The fraction of sp³-hybridized carbons (Fsp3) is 0.455. The van der Waals surface area contributed by atoms with Crippen molar-refractivity contribution in [2.24, 2.45) is 5.73 Å². The Bertz CT molecular complexity index is 305. The Morgan fingerprint density at radius 2 is 2.13 bits per heavy atom. The minimum Gasteiger partial charge on any atom is -0.493 e. The summed E-state index contributed by atoms with van der Waals surface area (Å²) >= 11 is 3.39. The van der Waals surface area contributed by atoms with Gasteiger partial charge in [0.05, 0.1) is 6.61 Å². The average Bonchev–Trinajstić information content (AvgIpc) is 2.26. The molecule has 0 aliphatic heterocycles. The molecule has 0 atom stereocenters. The number of aliphatic hydroxyl groups excluding tert-OH is 1. The van der Waals surface area contributed by atoms with E-state index in [-0.39, 0.29) is 6.61 Å². The second-order valence-electron chi connectivity index (χ2n) is 3.24. The SMILES string of the molecule is NCc1cc(Br)ccc1OCCCCO. The van der Waals surface area contributed by atoms with Gasteiger partial charge in [0.1, 0.15) is 5.75 Å². The Kier molecular flexibility index (Phi) is 5.68. The van der Waals surface area contributed by atoms with Crippen molar-refractivity contribution in [2.75, 3.05) is 13.2 Å². The first-order chi connectivity index (χ1) is 7.27. The molecular weight excluding hydrogens is 258 g/mol. The van der Waals surface area contributed by atoms with Crippen LogP contribution in [0.1, 0.15) is 18.4 Å². The van der Waals surface area contributed by atoms with Crippen LogP contribution in [0.2, 0.25) is 0 Å². The van der Waals surface area contributed by atoms with Crippen molar-refractivity contribution >= 4 is 15.9 Å². The van der Waals surface area contributed by atoms with Crippen molar-refractivity contribution in [3.05, 3.63) is 28.2 Å². The van der Waals surface area contributed by atoms with Crippen molar-refractivity contribution in [1.29, 1.82) is 0 Å². The fourth-order valence-corrected chi connectivity index (χ4v) is 1.65. The van der Waals surface area contributed by atoms with Gasteiger partial charge in [-0.3, -0.25) is 0 Å². The van der Waals surface area contributed by atoms with Gasteiger partial charge in [-0.25, -0.2) is 0 Å². The molecule has 0 saturated heterocycles. The lowest BCUT2D eigenvalue weighted by Gasteiger charge is -2.10. The molecule has 0 saturated carbocycles. The van der Waals surface area contributed by atoms with Crippen LogP contribution in [0.15, 0.2) is 22.7 Å². The number of ether oxygens (including phenoxy) is 1. The van der Waals surface area contributed by atoms with E-state index in [1.54, 1.807) is 0 Å². The monoisotopic (exact) mass is 273 g/mol. The quantitative estimate of drug-likeness (QED) is 0.781. The van der Waals surface area contributed by atoms with Gasteiger partial charge in [0.2, 0.25) is 0 Å². The van der Waals surface area contributed by atoms with Crippen molar-refractivity contribution in [2.45, 2.75) is 19.4 Å². The predicted molar refractivity (Wildman–Crippen MR) is 63.8 cm³/mol. The molecular formula is C11H16BrNO2. The Balaban J connectivity index is 2.52. The van der Waals surface area contributed by atoms with Gasteiger partial charge in [-0.1, -0.05) is 15.9 Å². The first-order valence-corrected chi connectivity index (χ1v) is 5.79. The topological polar surface area (TPSA) is 55.5 Å². The van der Waals surface area contributed by atoms with Crippen LogP contribution in [-0.4, -0.2) is 18.3 Å². The molecule has 1 aromatic carbocycles. The van der Waals surface area contributed by atoms with Gasteiger partial charge in [-0.05, 0) is 31.0 Å². The largest absolute Gasteiger partial charge is 0.493 e. The molecule has 3 nitrogen and oxygen atoms in total. The summed E-state index contributed by atoms with van der Waals surface area (Å²) in [6.07, 6.45) is 1.63. The minimum absolute atomic E-state index is 0.216. The van der Waals surface area contributed by atoms with Gasteiger partial charge >= 0.3 is 0 Å². The third-order valence-electron chi connectivity index (χ3n) is 2.05. The van der Waals surface area contributed by atoms with Gasteiger partial charge in [0.25, 0.3) is 0 Å². The van der Waals surface area contributed by atoms with Crippen LogP contribution in [-0.2, 0) is 6.54 Å². The van der Waals surface area contributed by atoms with Crippen LogP contribution in [0.3, 0.4) is 0 Å². The highest BCUT2D eigenvalue weighted by atomic mass is 79.9. The van der Waals surface area contributed by atoms with Gasteiger partial charge in [-0.2, -0.15) is 0 Å². The van der Waals surface area contributed by atoms with Crippen LogP contribution in [0.25, 0.3) is 0 Å². The summed E-state index contributed by atoms with van der Waals surface area (Å²) in [5, 5.41) is 8.62. The zero-order valence-corrected chi connectivity index (χ0v) is 10.2. The fourth-order valence-electron chi connectivity index (χ4n) is 1.24. The second kappa shape index (κ2) is 6.82. The predicted octanol–water partition coefficient (Wildman–Crippen LogP) is 2.06. The molecule has 84 valence electrons. The highest BCUT2D eigenvalue weighted by Crippen LogP contribution is 2.22. The van der Waals surface area contributed by atoms with E-state index in [9.17, 15) is 0 Å². The maximum absolute atomic E-state index is 8.62. The molecule has 0 radical (unpaired) electrons. The maximum Gasteiger partial charge on any atom is 0.123 e.